The maximum absolute atomic E-state index is 5.84. The van der Waals surface area contributed by atoms with Gasteiger partial charge in [0.05, 0.1) is 18.8 Å². The maximum atomic E-state index is 5.84. The third-order valence-corrected chi connectivity index (χ3v) is 2.94. The number of nitrogens with two attached hydrogens (primary N) is 1. The first kappa shape index (κ1) is 11.8. The van der Waals surface area contributed by atoms with Crippen LogP contribution in [0.2, 0.25) is 0 Å². The standard InChI is InChI=1S/C12H16N6O/c13-9-3-4-10(14-5-11-15-7-16-18-11)17-12(9)19-6-8-1-2-8/h3-4,7-8H,1-2,5-6,13H2,(H,14,17)(H,15,16,18). The number of nitrogen functional groups attached to an aromatic ring is 1. The van der Waals surface area contributed by atoms with Crippen molar-refractivity contribution in [2.45, 2.75) is 19.4 Å². The summed E-state index contributed by atoms with van der Waals surface area (Å²) >= 11 is 0. The molecule has 0 radical (unpaired) electrons. The van der Waals surface area contributed by atoms with Crippen molar-refractivity contribution in [2.75, 3.05) is 17.7 Å². The Morgan fingerprint density at radius 3 is 3.05 bits per heavy atom. The number of hydrogen-bond donors (Lipinski definition) is 3. The number of aromatic nitrogens is 4. The number of hydrogen-bond acceptors (Lipinski definition) is 6. The topological polar surface area (TPSA) is 102 Å². The van der Waals surface area contributed by atoms with Crippen molar-refractivity contribution in [1.82, 2.24) is 20.2 Å². The third kappa shape index (κ3) is 3.12. The molecule has 4 N–H and O–H groups in total. The van der Waals surface area contributed by atoms with Crippen molar-refractivity contribution in [1.29, 1.82) is 0 Å². The molecule has 0 unspecified atom stereocenters. The SMILES string of the molecule is Nc1ccc(NCc2ncn[nH]2)nc1OCC1CC1. The van der Waals surface area contributed by atoms with Gasteiger partial charge in [-0.3, -0.25) is 5.10 Å². The van der Waals surface area contributed by atoms with Crippen LogP contribution in [0.3, 0.4) is 0 Å². The van der Waals surface area contributed by atoms with Crippen molar-refractivity contribution in [3.05, 3.63) is 24.3 Å². The van der Waals surface area contributed by atoms with Gasteiger partial charge in [-0.25, -0.2) is 4.98 Å². The molecule has 1 saturated carbocycles. The monoisotopic (exact) mass is 260 g/mol. The van der Waals surface area contributed by atoms with Gasteiger partial charge in [-0.2, -0.15) is 10.1 Å². The van der Waals surface area contributed by atoms with Gasteiger partial charge >= 0.3 is 0 Å². The van der Waals surface area contributed by atoms with Gasteiger partial charge in [0.1, 0.15) is 18.0 Å². The smallest absolute Gasteiger partial charge is 0.239 e. The lowest BCUT2D eigenvalue weighted by molar-refractivity contribution is 0.290. The number of pyridine rings is 1. The van der Waals surface area contributed by atoms with Crippen LogP contribution in [-0.2, 0) is 6.54 Å². The van der Waals surface area contributed by atoms with Gasteiger partial charge in [-0.05, 0) is 30.9 Å². The Kier molecular flexibility index (Phi) is 3.18. The largest absolute Gasteiger partial charge is 0.476 e. The molecule has 2 aromatic heterocycles. The molecule has 1 aliphatic carbocycles. The Morgan fingerprint density at radius 2 is 2.32 bits per heavy atom. The molecule has 3 rings (SSSR count). The fourth-order valence-electron chi connectivity index (χ4n) is 1.64. The predicted molar refractivity (Wildman–Crippen MR) is 70.6 cm³/mol. The van der Waals surface area contributed by atoms with Gasteiger partial charge in [0, 0.05) is 0 Å². The molecule has 0 amide bonds. The molecule has 7 heteroatoms. The van der Waals surface area contributed by atoms with Crippen LogP contribution in [-0.4, -0.2) is 26.8 Å². The molecule has 100 valence electrons. The zero-order chi connectivity index (χ0) is 13.1. The van der Waals surface area contributed by atoms with Gasteiger partial charge in [0.15, 0.2) is 0 Å². The molecule has 19 heavy (non-hydrogen) atoms. The second kappa shape index (κ2) is 5.13. The summed E-state index contributed by atoms with van der Waals surface area (Å²) in [6.45, 7) is 1.22. The first-order chi connectivity index (χ1) is 9.31. The highest BCUT2D eigenvalue weighted by Gasteiger charge is 2.22. The minimum Gasteiger partial charge on any atom is -0.476 e. The summed E-state index contributed by atoms with van der Waals surface area (Å²) in [6, 6.07) is 3.60. The zero-order valence-corrected chi connectivity index (χ0v) is 10.5. The van der Waals surface area contributed by atoms with E-state index in [0.29, 0.717) is 36.5 Å². The molecular weight excluding hydrogens is 244 g/mol. The molecule has 0 saturated heterocycles. The number of ether oxygens (including phenoxy) is 1. The second-order valence-electron chi connectivity index (χ2n) is 4.63. The highest BCUT2D eigenvalue weighted by molar-refractivity contribution is 5.53. The number of anilines is 2. The third-order valence-electron chi connectivity index (χ3n) is 2.94. The lowest BCUT2D eigenvalue weighted by Gasteiger charge is -2.10. The number of nitrogens with one attached hydrogen (secondary N) is 2. The first-order valence-corrected chi connectivity index (χ1v) is 6.28. The van der Waals surface area contributed by atoms with E-state index in [0.717, 1.165) is 5.82 Å². The lowest BCUT2D eigenvalue weighted by Crippen LogP contribution is -2.07. The lowest BCUT2D eigenvalue weighted by atomic mass is 10.4. The quantitative estimate of drug-likeness (QED) is 0.721. The molecule has 0 spiro atoms. The molecule has 2 heterocycles. The number of aromatic amines is 1. The van der Waals surface area contributed by atoms with Crippen LogP contribution < -0.4 is 15.8 Å². The van der Waals surface area contributed by atoms with Crippen molar-refractivity contribution < 1.29 is 4.74 Å². The van der Waals surface area contributed by atoms with Crippen molar-refractivity contribution in [2.24, 2.45) is 5.92 Å². The Morgan fingerprint density at radius 1 is 1.42 bits per heavy atom. The minimum absolute atomic E-state index is 0.495. The van der Waals surface area contributed by atoms with E-state index in [4.69, 9.17) is 10.5 Å². The molecule has 0 aliphatic heterocycles. The summed E-state index contributed by atoms with van der Waals surface area (Å²) in [5.74, 6) is 2.62. The van der Waals surface area contributed by atoms with Gasteiger partial charge in [0.2, 0.25) is 5.88 Å². The van der Waals surface area contributed by atoms with Crippen LogP contribution in [0.15, 0.2) is 18.5 Å². The second-order valence-corrected chi connectivity index (χ2v) is 4.63. The highest BCUT2D eigenvalue weighted by atomic mass is 16.5. The van der Waals surface area contributed by atoms with Gasteiger partial charge in [-0.1, -0.05) is 0 Å². The maximum Gasteiger partial charge on any atom is 0.239 e. The number of rotatable bonds is 6. The molecular formula is C12H16N6O. The Balaban J connectivity index is 1.62. The van der Waals surface area contributed by atoms with Crippen LogP contribution >= 0.6 is 0 Å². The molecule has 0 aromatic carbocycles. The number of H-pyrrole nitrogens is 1. The van der Waals surface area contributed by atoms with Crippen LogP contribution in [0.5, 0.6) is 5.88 Å². The zero-order valence-electron chi connectivity index (χ0n) is 10.5. The molecule has 1 aliphatic rings. The van der Waals surface area contributed by atoms with E-state index in [1.165, 1.54) is 19.2 Å². The van der Waals surface area contributed by atoms with E-state index >= 15 is 0 Å². The Hall–Kier alpha value is -2.31. The molecule has 0 bridgehead atoms. The van der Waals surface area contributed by atoms with Gasteiger partial charge in [-0.15, -0.1) is 0 Å². The number of nitrogens with zero attached hydrogens (tertiary/aromatic N) is 3. The molecule has 2 aromatic rings. The van der Waals surface area contributed by atoms with Crippen LogP contribution in [0.4, 0.5) is 11.5 Å². The van der Waals surface area contributed by atoms with E-state index in [9.17, 15) is 0 Å². The Bertz CT molecular complexity index is 537. The van der Waals surface area contributed by atoms with Gasteiger partial charge < -0.3 is 15.8 Å². The van der Waals surface area contributed by atoms with E-state index in [1.54, 1.807) is 6.07 Å². The molecule has 0 atom stereocenters. The van der Waals surface area contributed by atoms with E-state index < -0.39 is 0 Å². The summed E-state index contributed by atoms with van der Waals surface area (Å²) in [5.41, 5.74) is 6.40. The molecule has 7 nitrogen and oxygen atoms in total. The van der Waals surface area contributed by atoms with Crippen molar-refractivity contribution in [3.8, 4) is 5.88 Å². The summed E-state index contributed by atoms with van der Waals surface area (Å²) in [7, 11) is 0. The van der Waals surface area contributed by atoms with Crippen LogP contribution in [0.25, 0.3) is 0 Å². The predicted octanol–water partition coefficient (Wildman–Crippen LogP) is 1.18. The normalized spacial score (nSPS) is 14.3. The van der Waals surface area contributed by atoms with Crippen molar-refractivity contribution in [3.63, 3.8) is 0 Å². The fourth-order valence-corrected chi connectivity index (χ4v) is 1.64. The van der Waals surface area contributed by atoms with Gasteiger partial charge in [0.25, 0.3) is 0 Å². The fraction of sp³-hybridized carbons (Fsp3) is 0.417. The molecule has 1 fully saturated rings. The summed E-state index contributed by atoms with van der Waals surface area (Å²) < 4.78 is 5.63. The van der Waals surface area contributed by atoms with Crippen molar-refractivity contribution >= 4 is 11.5 Å². The van der Waals surface area contributed by atoms with E-state index in [2.05, 4.69) is 25.5 Å². The summed E-state index contributed by atoms with van der Waals surface area (Å²) in [4.78, 5) is 8.38. The highest BCUT2D eigenvalue weighted by Crippen LogP contribution is 2.30. The van der Waals surface area contributed by atoms with Crippen LogP contribution in [0, 0.1) is 5.92 Å². The summed E-state index contributed by atoms with van der Waals surface area (Å²) in [6.07, 6.45) is 3.95. The Labute approximate surface area is 110 Å². The average Bonchev–Trinajstić information content (AvgIpc) is 3.10. The van der Waals surface area contributed by atoms with E-state index in [-0.39, 0.29) is 0 Å². The minimum atomic E-state index is 0.495. The average molecular weight is 260 g/mol. The first-order valence-electron chi connectivity index (χ1n) is 6.28. The van der Waals surface area contributed by atoms with E-state index in [1.807, 2.05) is 6.07 Å². The van der Waals surface area contributed by atoms with Crippen LogP contribution in [0.1, 0.15) is 18.7 Å². The summed E-state index contributed by atoms with van der Waals surface area (Å²) in [5, 5.41) is 9.69.